The molecule has 2 amide bonds. The summed E-state index contributed by atoms with van der Waals surface area (Å²) in [6.07, 6.45) is 0. The highest BCUT2D eigenvalue weighted by Crippen LogP contribution is 2.33. The van der Waals surface area contributed by atoms with Crippen LogP contribution in [0.1, 0.15) is 27.0 Å². The fraction of sp³-hybridized carbons (Fsp3) is 0.190. The second-order valence-electron chi connectivity index (χ2n) is 6.81. The van der Waals surface area contributed by atoms with E-state index in [0.29, 0.717) is 22.1 Å². The third-order valence-electron chi connectivity index (χ3n) is 4.53. The van der Waals surface area contributed by atoms with Gasteiger partial charge in [-0.2, -0.15) is 0 Å². The summed E-state index contributed by atoms with van der Waals surface area (Å²) in [6.45, 7) is 6.23. The summed E-state index contributed by atoms with van der Waals surface area (Å²) in [5.41, 5.74) is 6.70. The van der Waals surface area contributed by atoms with Crippen molar-refractivity contribution in [3.8, 4) is 11.3 Å². The molecule has 4 rings (SSSR count). The molecule has 142 valence electrons. The van der Waals surface area contributed by atoms with Crippen LogP contribution in [-0.2, 0) is 4.79 Å². The molecule has 1 aliphatic rings. The van der Waals surface area contributed by atoms with E-state index in [0.717, 1.165) is 16.2 Å². The summed E-state index contributed by atoms with van der Waals surface area (Å²) in [6, 6.07) is 9.61. The van der Waals surface area contributed by atoms with Gasteiger partial charge in [0.15, 0.2) is 5.13 Å². The van der Waals surface area contributed by atoms with Crippen molar-refractivity contribution in [2.75, 3.05) is 16.4 Å². The molecule has 3 aromatic rings. The van der Waals surface area contributed by atoms with Crippen LogP contribution >= 0.6 is 23.1 Å². The molecule has 1 aromatic heterocycles. The molecule has 2 heterocycles. The molecule has 2 N–H and O–H groups in total. The Morgan fingerprint density at radius 2 is 1.89 bits per heavy atom. The van der Waals surface area contributed by atoms with Crippen LogP contribution in [0.15, 0.2) is 40.6 Å². The molecule has 0 radical (unpaired) electrons. The summed E-state index contributed by atoms with van der Waals surface area (Å²) in [5, 5.41) is 8.19. The summed E-state index contributed by atoms with van der Waals surface area (Å²) >= 11 is 2.87. The van der Waals surface area contributed by atoms with Crippen molar-refractivity contribution >= 4 is 45.7 Å². The summed E-state index contributed by atoms with van der Waals surface area (Å²) in [7, 11) is 0. The number of hydrogen-bond acceptors (Lipinski definition) is 5. The lowest BCUT2D eigenvalue weighted by Gasteiger charge is -2.16. The molecule has 0 unspecified atom stereocenters. The fourth-order valence-corrected chi connectivity index (χ4v) is 4.91. The molecule has 0 atom stereocenters. The number of nitrogens with zero attached hydrogens (tertiary/aromatic N) is 1. The molecule has 0 spiro atoms. The number of amides is 2. The van der Waals surface area contributed by atoms with E-state index in [-0.39, 0.29) is 11.8 Å². The first-order valence-electron chi connectivity index (χ1n) is 8.82. The molecule has 0 saturated heterocycles. The van der Waals surface area contributed by atoms with Crippen LogP contribution in [0.4, 0.5) is 10.8 Å². The quantitative estimate of drug-likeness (QED) is 0.636. The maximum atomic E-state index is 12.6. The number of aromatic nitrogens is 1. The number of hydrogen-bond donors (Lipinski definition) is 2. The summed E-state index contributed by atoms with van der Waals surface area (Å²) in [5.74, 6) is 0.104. The predicted molar refractivity (Wildman–Crippen MR) is 116 cm³/mol. The first-order chi connectivity index (χ1) is 13.4. The first-order valence-corrected chi connectivity index (χ1v) is 10.7. The molecular formula is C21H19N3O2S2. The molecule has 5 nitrogen and oxygen atoms in total. The van der Waals surface area contributed by atoms with Crippen LogP contribution in [-0.4, -0.2) is 22.6 Å². The first kappa shape index (κ1) is 18.7. The number of rotatable bonds is 3. The Kier molecular flexibility index (Phi) is 4.95. The topological polar surface area (TPSA) is 71.1 Å². The number of carbonyl (C=O) groups is 2. The van der Waals surface area contributed by atoms with E-state index in [4.69, 9.17) is 0 Å². The van der Waals surface area contributed by atoms with Crippen LogP contribution in [0.3, 0.4) is 0 Å². The SMILES string of the molecule is Cc1cc(C)c(-c2csc(NC(=O)c3ccc4c(c3)NC(=O)CS4)n2)c(C)c1. The van der Waals surface area contributed by atoms with Crippen molar-refractivity contribution in [3.05, 3.63) is 58.0 Å². The van der Waals surface area contributed by atoms with Crippen molar-refractivity contribution in [2.24, 2.45) is 0 Å². The van der Waals surface area contributed by atoms with Gasteiger partial charge < -0.3 is 5.32 Å². The van der Waals surface area contributed by atoms with Gasteiger partial charge in [-0.05, 0) is 50.1 Å². The third-order valence-corrected chi connectivity index (χ3v) is 6.36. The molecule has 0 aliphatic carbocycles. The summed E-state index contributed by atoms with van der Waals surface area (Å²) in [4.78, 5) is 29.8. The van der Waals surface area contributed by atoms with E-state index >= 15 is 0 Å². The van der Waals surface area contributed by atoms with Crippen LogP contribution in [0, 0.1) is 20.8 Å². The van der Waals surface area contributed by atoms with Crippen molar-refractivity contribution < 1.29 is 9.59 Å². The van der Waals surface area contributed by atoms with Gasteiger partial charge in [-0.1, -0.05) is 17.7 Å². The molecular weight excluding hydrogens is 390 g/mol. The van der Waals surface area contributed by atoms with Gasteiger partial charge in [0.2, 0.25) is 5.91 Å². The fourth-order valence-electron chi connectivity index (χ4n) is 3.42. The van der Waals surface area contributed by atoms with Crippen molar-refractivity contribution in [1.29, 1.82) is 0 Å². The van der Waals surface area contributed by atoms with Crippen LogP contribution in [0.2, 0.25) is 0 Å². The van der Waals surface area contributed by atoms with Gasteiger partial charge in [0.25, 0.3) is 5.91 Å². The normalized spacial score (nSPS) is 13.0. The highest BCUT2D eigenvalue weighted by molar-refractivity contribution is 8.00. The highest BCUT2D eigenvalue weighted by Gasteiger charge is 2.18. The summed E-state index contributed by atoms with van der Waals surface area (Å²) < 4.78 is 0. The average molecular weight is 410 g/mol. The lowest BCUT2D eigenvalue weighted by atomic mass is 9.98. The van der Waals surface area contributed by atoms with Gasteiger partial charge in [-0.15, -0.1) is 23.1 Å². The Morgan fingerprint density at radius 1 is 1.14 bits per heavy atom. The van der Waals surface area contributed by atoms with E-state index in [1.54, 1.807) is 12.1 Å². The minimum absolute atomic E-state index is 0.0524. The lowest BCUT2D eigenvalue weighted by molar-refractivity contribution is -0.113. The minimum atomic E-state index is -0.245. The maximum absolute atomic E-state index is 12.6. The average Bonchev–Trinajstić information content (AvgIpc) is 3.08. The number of carbonyl (C=O) groups excluding carboxylic acids is 2. The third kappa shape index (κ3) is 3.68. The number of thioether (sulfide) groups is 1. The van der Waals surface area contributed by atoms with E-state index < -0.39 is 0 Å². The monoisotopic (exact) mass is 409 g/mol. The zero-order chi connectivity index (χ0) is 19.8. The van der Waals surface area contributed by atoms with E-state index in [1.165, 1.54) is 39.8 Å². The van der Waals surface area contributed by atoms with Crippen molar-refractivity contribution in [1.82, 2.24) is 4.98 Å². The second-order valence-corrected chi connectivity index (χ2v) is 8.69. The van der Waals surface area contributed by atoms with Gasteiger partial charge in [0, 0.05) is 21.4 Å². The molecule has 0 bridgehead atoms. The molecule has 0 fully saturated rings. The van der Waals surface area contributed by atoms with Crippen LogP contribution < -0.4 is 10.6 Å². The lowest BCUT2D eigenvalue weighted by Crippen LogP contribution is -2.19. The Balaban J connectivity index is 1.56. The second kappa shape index (κ2) is 7.41. The number of fused-ring (bicyclic) bond motifs is 1. The van der Waals surface area contributed by atoms with E-state index in [1.807, 2.05) is 11.4 Å². The van der Waals surface area contributed by atoms with Crippen LogP contribution in [0.25, 0.3) is 11.3 Å². The standard InChI is InChI=1S/C21H19N3O2S2/c1-11-6-12(2)19(13(3)7-11)16-9-28-21(23-16)24-20(26)14-4-5-17-15(8-14)22-18(25)10-27-17/h4-9H,10H2,1-3H3,(H,22,25)(H,23,24,26). The molecule has 1 aliphatic heterocycles. The van der Waals surface area contributed by atoms with Gasteiger partial charge in [-0.3, -0.25) is 14.9 Å². The zero-order valence-corrected chi connectivity index (χ0v) is 17.4. The van der Waals surface area contributed by atoms with Gasteiger partial charge >= 0.3 is 0 Å². The Morgan fingerprint density at radius 3 is 2.64 bits per heavy atom. The van der Waals surface area contributed by atoms with Gasteiger partial charge in [-0.25, -0.2) is 4.98 Å². The largest absolute Gasteiger partial charge is 0.324 e. The van der Waals surface area contributed by atoms with Crippen molar-refractivity contribution in [3.63, 3.8) is 0 Å². The molecule has 28 heavy (non-hydrogen) atoms. The maximum Gasteiger partial charge on any atom is 0.257 e. The minimum Gasteiger partial charge on any atom is -0.324 e. The van der Waals surface area contributed by atoms with Gasteiger partial charge in [0.1, 0.15) is 0 Å². The Hall–Kier alpha value is -2.64. The zero-order valence-electron chi connectivity index (χ0n) is 15.8. The van der Waals surface area contributed by atoms with E-state index in [9.17, 15) is 9.59 Å². The number of nitrogens with one attached hydrogen (secondary N) is 2. The number of thiazole rings is 1. The van der Waals surface area contributed by atoms with Gasteiger partial charge in [0.05, 0.1) is 17.1 Å². The van der Waals surface area contributed by atoms with E-state index in [2.05, 4.69) is 48.5 Å². The molecule has 0 saturated carbocycles. The Bertz CT molecular complexity index is 1080. The van der Waals surface area contributed by atoms with Crippen molar-refractivity contribution in [2.45, 2.75) is 25.7 Å². The molecule has 2 aromatic carbocycles. The Labute approximate surface area is 171 Å². The predicted octanol–water partition coefficient (Wildman–Crippen LogP) is 5.03. The highest BCUT2D eigenvalue weighted by atomic mass is 32.2. The smallest absolute Gasteiger partial charge is 0.257 e. The molecule has 7 heteroatoms. The number of aryl methyl sites for hydroxylation is 3. The number of benzene rings is 2. The van der Waals surface area contributed by atoms with Crippen LogP contribution in [0.5, 0.6) is 0 Å². The number of anilines is 2.